The van der Waals surface area contributed by atoms with Crippen LogP contribution < -0.4 is 11.1 Å². The van der Waals surface area contributed by atoms with Crippen molar-refractivity contribution in [3.05, 3.63) is 68.8 Å². The number of oxime groups is 1. The first-order valence-electron chi connectivity index (χ1n) is 8.71. The lowest BCUT2D eigenvalue weighted by atomic mass is 10.2. The van der Waals surface area contributed by atoms with E-state index in [1.54, 1.807) is 35.7 Å². The molecule has 0 unspecified atom stereocenters. The highest BCUT2D eigenvalue weighted by Crippen LogP contribution is 2.29. The van der Waals surface area contributed by atoms with Gasteiger partial charge in [0.1, 0.15) is 5.00 Å². The second-order valence-corrected chi connectivity index (χ2v) is 8.52. The molecule has 0 fully saturated rings. The van der Waals surface area contributed by atoms with Gasteiger partial charge in [-0.3, -0.25) is 10.2 Å². The van der Waals surface area contributed by atoms with Gasteiger partial charge in [-0.25, -0.2) is 9.31 Å². The zero-order valence-corrected chi connectivity index (χ0v) is 18.9. The van der Waals surface area contributed by atoms with Crippen LogP contribution in [0.4, 0.5) is 9.80 Å². The third-order valence-corrected chi connectivity index (χ3v) is 6.02. The standard InChI is InChI=1S/C19H13Cl3N6O2S/c1-9-17(25-19(29)30-27-15(23)13-7-6-12(21)8-14(13)22)31-18-24-16(26-28(9)18)10-2-4-11(20)5-3-10/h2-8H,1H3,(H2,23,27)(H,25,29). The fourth-order valence-electron chi connectivity index (χ4n) is 2.63. The van der Waals surface area contributed by atoms with Crippen molar-refractivity contribution < 1.29 is 9.63 Å². The average molecular weight is 496 g/mol. The number of thiazole rings is 1. The summed E-state index contributed by atoms with van der Waals surface area (Å²) < 4.78 is 1.63. The Labute approximate surface area is 195 Å². The van der Waals surface area contributed by atoms with E-state index in [2.05, 4.69) is 20.6 Å². The summed E-state index contributed by atoms with van der Waals surface area (Å²) in [4.78, 5) is 22.1. The molecule has 1 amide bonds. The van der Waals surface area contributed by atoms with Gasteiger partial charge in [0.05, 0.1) is 10.7 Å². The number of nitrogens with two attached hydrogens (primary N) is 1. The number of carbonyl (C=O) groups is 1. The number of halogens is 3. The molecule has 3 N–H and O–H groups in total. The van der Waals surface area contributed by atoms with E-state index in [1.807, 2.05) is 12.1 Å². The minimum absolute atomic E-state index is 0.0659. The number of aromatic nitrogens is 3. The molecule has 0 aliphatic rings. The van der Waals surface area contributed by atoms with Crippen LogP contribution in [0.5, 0.6) is 0 Å². The monoisotopic (exact) mass is 494 g/mol. The molecule has 0 saturated heterocycles. The maximum Gasteiger partial charge on any atom is 0.438 e. The SMILES string of the molecule is Cc1c(NC(=O)ON=C(N)c2ccc(Cl)cc2Cl)sc2nc(-c3ccc(Cl)cc3)nn12. The molecule has 8 nitrogen and oxygen atoms in total. The van der Waals surface area contributed by atoms with E-state index < -0.39 is 6.09 Å². The highest BCUT2D eigenvalue weighted by Gasteiger charge is 2.17. The lowest BCUT2D eigenvalue weighted by Crippen LogP contribution is -2.18. The number of rotatable bonds is 4. The second-order valence-electron chi connectivity index (χ2n) is 6.26. The van der Waals surface area contributed by atoms with Crippen LogP contribution in [0.15, 0.2) is 47.6 Å². The molecule has 2 aromatic heterocycles. The molecule has 0 bridgehead atoms. The number of hydrogen-bond acceptors (Lipinski definition) is 6. The van der Waals surface area contributed by atoms with Crippen LogP contribution in [0.1, 0.15) is 11.3 Å². The molecule has 0 saturated carbocycles. The summed E-state index contributed by atoms with van der Waals surface area (Å²) in [6.45, 7) is 1.80. The molecular weight excluding hydrogens is 483 g/mol. The van der Waals surface area contributed by atoms with Crippen molar-refractivity contribution in [3.8, 4) is 11.4 Å². The molecule has 4 aromatic rings. The minimum atomic E-state index is -0.821. The first kappa shape index (κ1) is 21.4. The van der Waals surface area contributed by atoms with Crippen molar-refractivity contribution in [2.24, 2.45) is 10.9 Å². The fourth-order valence-corrected chi connectivity index (χ4v) is 4.21. The van der Waals surface area contributed by atoms with Crippen LogP contribution in [0.2, 0.25) is 15.1 Å². The van der Waals surface area contributed by atoms with E-state index >= 15 is 0 Å². The van der Waals surface area contributed by atoms with Crippen LogP contribution >= 0.6 is 46.1 Å². The maximum atomic E-state index is 12.2. The van der Waals surface area contributed by atoms with Crippen molar-refractivity contribution in [3.63, 3.8) is 0 Å². The zero-order valence-electron chi connectivity index (χ0n) is 15.8. The van der Waals surface area contributed by atoms with E-state index in [1.165, 1.54) is 17.4 Å². The van der Waals surface area contributed by atoms with Crippen molar-refractivity contribution in [2.75, 3.05) is 5.32 Å². The number of hydrogen-bond donors (Lipinski definition) is 2. The molecule has 0 aliphatic carbocycles. The van der Waals surface area contributed by atoms with Crippen molar-refractivity contribution in [1.29, 1.82) is 0 Å². The summed E-state index contributed by atoms with van der Waals surface area (Å²) in [5.74, 6) is 0.487. The molecule has 31 heavy (non-hydrogen) atoms. The predicted molar refractivity (Wildman–Crippen MR) is 123 cm³/mol. The third kappa shape index (κ3) is 4.59. The molecule has 4 rings (SSSR count). The van der Waals surface area contributed by atoms with Gasteiger partial charge in [0.25, 0.3) is 0 Å². The molecule has 158 valence electrons. The Morgan fingerprint density at radius 2 is 1.87 bits per heavy atom. The summed E-state index contributed by atoms with van der Waals surface area (Å²) in [6.07, 6.45) is -0.821. The minimum Gasteiger partial charge on any atom is -0.380 e. The van der Waals surface area contributed by atoms with Crippen LogP contribution in [-0.2, 0) is 4.84 Å². The second kappa shape index (κ2) is 8.72. The van der Waals surface area contributed by atoms with Crippen LogP contribution in [0.3, 0.4) is 0 Å². The van der Waals surface area contributed by atoms with Crippen molar-refractivity contribution in [1.82, 2.24) is 14.6 Å². The summed E-state index contributed by atoms with van der Waals surface area (Å²) in [7, 11) is 0. The number of nitrogens with zero attached hydrogens (tertiary/aromatic N) is 4. The van der Waals surface area contributed by atoms with Crippen molar-refractivity contribution >= 4 is 68.0 Å². The van der Waals surface area contributed by atoms with Gasteiger partial charge in [-0.15, -0.1) is 5.10 Å². The van der Waals surface area contributed by atoms with Gasteiger partial charge >= 0.3 is 6.09 Å². The average Bonchev–Trinajstić information content (AvgIpc) is 3.26. The largest absolute Gasteiger partial charge is 0.438 e. The third-order valence-electron chi connectivity index (χ3n) is 4.17. The molecule has 0 radical (unpaired) electrons. The van der Waals surface area contributed by atoms with Crippen LogP contribution in [0, 0.1) is 6.92 Å². The van der Waals surface area contributed by atoms with Gasteiger partial charge in [0.15, 0.2) is 11.7 Å². The van der Waals surface area contributed by atoms with E-state index in [-0.39, 0.29) is 10.9 Å². The summed E-state index contributed by atoms with van der Waals surface area (Å²) >= 11 is 19.1. The molecule has 2 aromatic carbocycles. The van der Waals surface area contributed by atoms with Gasteiger partial charge in [-0.05, 0) is 49.4 Å². The lowest BCUT2D eigenvalue weighted by molar-refractivity contribution is 0.166. The first-order valence-corrected chi connectivity index (χ1v) is 10.7. The van der Waals surface area contributed by atoms with Gasteiger partial charge in [-0.1, -0.05) is 51.3 Å². The van der Waals surface area contributed by atoms with Gasteiger partial charge < -0.3 is 5.73 Å². The molecule has 0 atom stereocenters. The van der Waals surface area contributed by atoms with Crippen molar-refractivity contribution in [2.45, 2.75) is 6.92 Å². The molecule has 12 heteroatoms. The Balaban J connectivity index is 1.48. The topological polar surface area (TPSA) is 107 Å². The Hall–Kier alpha value is -2.85. The molecule has 2 heterocycles. The first-order chi connectivity index (χ1) is 14.8. The van der Waals surface area contributed by atoms with E-state index in [4.69, 9.17) is 45.4 Å². The Morgan fingerprint density at radius 1 is 1.16 bits per heavy atom. The number of amides is 1. The lowest BCUT2D eigenvalue weighted by Gasteiger charge is -2.04. The number of amidine groups is 1. The van der Waals surface area contributed by atoms with E-state index in [9.17, 15) is 4.79 Å². The number of anilines is 1. The van der Waals surface area contributed by atoms with E-state index in [0.29, 0.717) is 37.1 Å². The molecule has 0 aliphatic heterocycles. The molecular formula is C19H13Cl3N6O2S. The Kier molecular flexibility index (Phi) is 6.01. The summed E-state index contributed by atoms with van der Waals surface area (Å²) in [6, 6.07) is 11.9. The number of carbonyl (C=O) groups excluding carboxylic acids is 1. The number of aryl methyl sites for hydroxylation is 1. The van der Waals surface area contributed by atoms with Gasteiger partial charge in [0.2, 0.25) is 4.96 Å². The number of fused-ring (bicyclic) bond motifs is 1. The number of benzene rings is 2. The summed E-state index contributed by atoms with van der Waals surface area (Å²) in [5.41, 5.74) is 7.74. The normalized spacial score (nSPS) is 11.7. The highest BCUT2D eigenvalue weighted by molar-refractivity contribution is 7.21. The number of nitrogens with one attached hydrogen (secondary N) is 1. The Morgan fingerprint density at radius 3 is 2.55 bits per heavy atom. The van der Waals surface area contributed by atoms with E-state index in [0.717, 1.165) is 5.56 Å². The summed E-state index contributed by atoms with van der Waals surface area (Å²) in [5, 5.41) is 12.6. The van der Waals surface area contributed by atoms with Gasteiger partial charge in [-0.2, -0.15) is 4.98 Å². The quantitative estimate of drug-likeness (QED) is 0.166. The highest BCUT2D eigenvalue weighted by atomic mass is 35.5. The smallest absolute Gasteiger partial charge is 0.380 e. The molecule has 0 spiro atoms. The fraction of sp³-hybridized carbons (Fsp3) is 0.0526. The maximum absolute atomic E-state index is 12.2. The van der Waals surface area contributed by atoms with Gasteiger partial charge in [0, 0.05) is 21.2 Å². The van der Waals surface area contributed by atoms with Crippen LogP contribution in [0.25, 0.3) is 16.3 Å². The van der Waals surface area contributed by atoms with Crippen LogP contribution in [-0.4, -0.2) is 26.5 Å². The Bertz CT molecular complexity index is 1320. The zero-order chi connectivity index (χ0) is 22.1. The predicted octanol–water partition coefficient (Wildman–Crippen LogP) is 5.60.